The monoisotopic (exact) mass is 497 g/mol. The summed E-state index contributed by atoms with van der Waals surface area (Å²) in [6, 6.07) is 16.2. The maximum atomic E-state index is 14.6. The maximum absolute atomic E-state index is 14.6. The number of aromatic nitrogens is 1. The van der Waals surface area contributed by atoms with Crippen LogP contribution in [0.15, 0.2) is 42.5 Å². The molecule has 196 valence electrons. The first-order valence-electron chi connectivity index (χ1n) is 15.3. The molecule has 2 saturated carbocycles. The Morgan fingerprint density at radius 2 is 1.76 bits per heavy atom. The summed E-state index contributed by atoms with van der Waals surface area (Å²) >= 11 is 0. The smallest absolute Gasteiger partial charge is 0.228 e. The number of nitrogens with one attached hydrogen (secondary N) is 1. The Morgan fingerprint density at radius 3 is 2.57 bits per heavy atom. The zero-order valence-corrected chi connectivity index (χ0v) is 22.3. The van der Waals surface area contributed by atoms with Gasteiger partial charge in [-0.15, -0.1) is 0 Å². The van der Waals surface area contributed by atoms with Gasteiger partial charge in [-0.1, -0.05) is 55.7 Å². The first-order valence-corrected chi connectivity index (χ1v) is 15.3. The van der Waals surface area contributed by atoms with E-state index < -0.39 is 0 Å². The molecule has 4 heteroatoms. The van der Waals surface area contributed by atoms with E-state index in [1.807, 2.05) is 0 Å². The van der Waals surface area contributed by atoms with Gasteiger partial charge in [-0.05, 0) is 86.8 Å². The van der Waals surface area contributed by atoms with E-state index >= 15 is 0 Å². The van der Waals surface area contributed by atoms with Gasteiger partial charge in [0.1, 0.15) is 0 Å². The van der Waals surface area contributed by atoms with Crippen LogP contribution < -0.4 is 5.32 Å². The molecule has 2 saturated heterocycles. The lowest BCUT2D eigenvalue weighted by Gasteiger charge is -2.48. The number of likely N-dealkylation sites (tertiary alicyclic amines) is 1. The predicted molar refractivity (Wildman–Crippen MR) is 148 cm³/mol. The number of rotatable bonds is 4. The van der Waals surface area contributed by atoms with Gasteiger partial charge >= 0.3 is 0 Å². The average Bonchev–Trinajstić information content (AvgIpc) is 3.74. The molecular formula is C33H43N3O. The van der Waals surface area contributed by atoms with E-state index in [4.69, 9.17) is 4.98 Å². The lowest BCUT2D eigenvalue weighted by Crippen LogP contribution is -2.55. The number of hydrogen-bond acceptors (Lipinski definition) is 3. The zero-order chi connectivity index (χ0) is 24.8. The fraction of sp³-hybridized carbons (Fsp3) is 0.636. The van der Waals surface area contributed by atoms with Crippen molar-refractivity contribution in [1.82, 2.24) is 15.2 Å². The molecule has 3 heterocycles. The summed E-state index contributed by atoms with van der Waals surface area (Å²) in [7, 11) is 0. The molecule has 1 amide bonds. The molecule has 1 aromatic heterocycles. The van der Waals surface area contributed by atoms with E-state index in [-0.39, 0.29) is 11.3 Å². The van der Waals surface area contributed by atoms with Gasteiger partial charge < -0.3 is 10.2 Å². The summed E-state index contributed by atoms with van der Waals surface area (Å²) in [5.41, 5.74) is 5.37. The fourth-order valence-electron chi connectivity index (χ4n) is 8.57. The van der Waals surface area contributed by atoms with Crippen LogP contribution in [0.5, 0.6) is 0 Å². The molecule has 0 bridgehead atoms. The van der Waals surface area contributed by atoms with Crippen molar-refractivity contribution in [2.75, 3.05) is 19.6 Å². The van der Waals surface area contributed by atoms with Crippen LogP contribution in [0.25, 0.3) is 0 Å². The Morgan fingerprint density at radius 1 is 0.919 bits per heavy atom. The van der Waals surface area contributed by atoms with E-state index in [2.05, 4.69) is 52.7 Å². The van der Waals surface area contributed by atoms with Crippen molar-refractivity contribution in [2.45, 2.75) is 100 Å². The van der Waals surface area contributed by atoms with Gasteiger partial charge in [-0.2, -0.15) is 0 Å². The fourth-order valence-corrected chi connectivity index (χ4v) is 8.57. The average molecular weight is 498 g/mol. The van der Waals surface area contributed by atoms with Crippen molar-refractivity contribution in [3.05, 3.63) is 65.0 Å². The Hall–Kier alpha value is -2.20. The molecule has 1 aromatic carbocycles. The molecule has 5 aliphatic rings. The van der Waals surface area contributed by atoms with Crippen LogP contribution in [0.4, 0.5) is 0 Å². The van der Waals surface area contributed by atoms with E-state index in [0.717, 1.165) is 51.7 Å². The molecular weight excluding hydrogens is 454 g/mol. The first-order chi connectivity index (χ1) is 18.2. The number of hydrogen-bond donors (Lipinski definition) is 1. The van der Waals surface area contributed by atoms with Gasteiger partial charge in [0.15, 0.2) is 0 Å². The number of nitrogens with zero attached hydrogens (tertiary/aromatic N) is 2. The molecule has 3 aliphatic carbocycles. The number of benzene rings is 1. The van der Waals surface area contributed by atoms with Crippen molar-refractivity contribution >= 4 is 5.91 Å². The topological polar surface area (TPSA) is 45.2 Å². The Bertz CT molecular complexity index is 1120. The second-order valence-electron chi connectivity index (χ2n) is 12.8. The molecule has 2 aliphatic heterocycles. The molecule has 4 fully saturated rings. The second-order valence-corrected chi connectivity index (χ2v) is 12.8. The SMILES string of the molecule is O=C([C@@H]1CNC[C@]12CCCc1nc(C3CC3)ccc12)N1CCC(c2ccccc2)CC1C1CCCCC1. The lowest BCUT2D eigenvalue weighted by atomic mass is 9.64. The highest BCUT2D eigenvalue weighted by molar-refractivity contribution is 5.82. The van der Waals surface area contributed by atoms with Crippen molar-refractivity contribution in [3.8, 4) is 0 Å². The molecule has 7 rings (SSSR count). The zero-order valence-electron chi connectivity index (χ0n) is 22.3. The summed E-state index contributed by atoms with van der Waals surface area (Å²) in [5.74, 6) is 2.40. The molecule has 37 heavy (non-hydrogen) atoms. The summed E-state index contributed by atoms with van der Waals surface area (Å²) in [6.07, 6.45) is 14.8. The minimum absolute atomic E-state index is 0.0412. The van der Waals surface area contributed by atoms with Crippen molar-refractivity contribution in [1.29, 1.82) is 0 Å². The Labute approximate surface area is 222 Å². The highest BCUT2D eigenvalue weighted by Crippen LogP contribution is 2.48. The molecule has 4 atom stereocenters. The van der Waals surface area contributed by atoms with Gasteiger partial charge in [0.25, 0.3) is 0 Å². The van der Waals surface area contributed by atoms with Crippen molar-refractivity contribution in [2.24, 2.45) is 11.8 Å². The molecule has 2 aromatic rings. The number of pyridine rings is 1. The molecule has 1 spiro atoms. The van der Waals surface area contributed by atoms with Crippen LogP contribution in [0.1, 0.15) is 105 Å². The number of aryl methyl sites for hydroxylation is 1. The van der Waals surface area contributed by atoms with Gasteiger partial charge in [-0.3, -0.25) is 9.78 Å². The third-order valence-electron chi connectivity index (χ3n) is 10.7. The van der Waals surface area contributed by atoms with Crippen molar-refractivity contribution < 1.29 is 4.79 Å². The number of amides is 1. The van der Waals surface area contributed by atoms with E-state index in [1.54, 1.807) is 0 Å². The quantitative estimate of drug-likeness (QED) is 0.555. The van der Waals surface area contributed by atoms with E-state index in [0.29, 0.717) is 29.7 Å². The second kappa shape index (κ2) is 9.84. The van der Waals surface area contributed by atoms with Gasteiger partial charge in [-0.25, -0.2) is 0 Å². The third-order valence-corrected chi connectivity index (χ3v) is 10.7. The molecule has 1 N–H and O–H groups in total. The molecule has 0 radical (unpaired) electrons. The highest BCUT2D eigenvalue weighted by Gasteiger charge is 2.53. The van der Waals surface area contributed by atoms with Crippen LogP contribution in [0.2, 0.25) is 0 Å². The molecule has 2 unspecified atom stereocenters. The largest absolute Gasteiger partial charge is 0.339 e. The highest BCUT2D eigenvalue weighted by atomic mass is 16.2. The Kier molecular flexibility index (Phi) is 6.35. The van der Waals surface area contributed by atoms with E-state index in [9.17, 15) is 4.79 Å². The van der Waals surface area contributed by atoms with Crippen LogP contribution in [-0.2, 0) is 16.6 Å². The summed E-state index contributed by atoms with van der Waals surface area (Å²) in [6.45, 7) is 2.66. The van der Waals surface area contributed by atoms with Crippen LogP contribution in [0, 0.1) is 11.8 Å². The van der Waals surface area contributed by atoms with Crippen LogP contribution >= 0.6 is 0 Å². The van der Waals surface area contributed by atoms with Crippen molar-refractivity contribution in [3.63, 3.8) is 0 Å². The summed E-state index contributed by atoms with van der Waals surface area (Å²) in [4.78, 5) is 22.2. The van der Waals surface area contributed by atoms with E-state index in [1.165, 1.54) is 67.5 Å². The predicted octanol–water partition coefficient (Wildman–Crippen LogP) is 6.11. The normalized spacial score (nSPS) is 32.4. The Balaban J connectivity index is 1.18. The van der Waals surface area contributed by atoms with Crippen LogP contribution in [-0.4, -0.2) is 41.5 Å². The molecule has 4 nitrogen and oxygen atoms in total. The number of carbonyl (C=O) groups is 1. The third kappa shape index (κ3) is 4.33. The lowest BCUT2D eigenvalue weighted by molar-refractivity contribution is -0.143. The first kappa shape index (κ1) is 23.9. The standard InChI is InChI=1S/C33H43N3O/c37-32(28-21-34-22-33(28)18-7-12-30-27(33)15-16-29(35-30)24-13-14-24)36-19-17-26(23-8-3-1-4-9-23)20-31(36)25-10-5-2-6-11-25/h1,3-4,8-9,15-16,24-26,28,31,34H,2,5-7,10-14,17-22H2/t26?,28-,31?,33-/m0/s1. The van der Waals surface area contributed by atoms with Gasteiger partial charge in [0.2, 0.25) is 5.91 Å². The number of fused-ring (bicyclic) bond motifs is 2. The number of piperidine rings is 1. The van der Waals surface area contributed by atoms with Gasteiger partial charge in [0, 0.05) is 48.4 Å². The maximum Gasteiger partial charge on any atom is 0.228 e. The number of carbonyl (C=O) groups excluding carboxylic acids is 1. The summed E-state index contributed by atoms with van der Waals surface area (Å²) in [5, 5.41) is 3.70. The van der Waals surface area contributed by atoms with Crippen LogP contribution in [0.3, 0.4) is 0 Å². The minimum atomic E-state index is -0.0762. The van der Waals surface area contributed by atoms with Gasteiger partial charge in [0.05, 0.1) is 5.92 Å². The summed E-state index contributed by atoms with van der Waals surface area (Å²) < 4.78 is 0. The minimum Gasteiger partial charge on any atom is -0.339 e.